The average Bonchev–Trinajstić information content (AvgIpc) is 2.18. The Morgan fingerprint density at radius 1 is 1.77 bits per heavy atom. The lowest BCUT2D eigenvalue weighted by molar-refractivity contribution is -0.0352. The lowest BCUT2D eigenvalue weighted by atomic mass is 10.1. The molecule has 0 amide bonds. The zero-order chi connectivity index (χ0) is 9.68. The number of hydrogen-bond donors (Lipinski definition) is 1. The van der Waals surface area contributed by atoms with Crippen LogP contribution in [0, 0.1) is 11.3 Å². The van der Waals surface area contributed by atoms with E-state index in [1.165, 1.54) is 0 Å². The molecule has 1 saturated heterocycles. The molecule has 4 nitrogen and oxygen atoms in total. The second kappa shape index (κ2) is 5.18. The minimum absolute atomic E-state index is 0.148. The molecule has 1 aliphatic heterocycles. The molecule has 0 aromatic carbocycles. The first-order chi connectivity index (χ1) is 6.27. The predicted octanol–water partition coefficient (Wildman–Crippen LogP) is -0.0519. The quantitative estimate of drug-likeness (QED) is 0.666. The lowest BCUT2D eigenvalue weighted by Gasteiger charge is -2.35. The van der Waals surface area contributed by atoms with Gasteiger partial charge in [0.05, 0.1) is 25.2 Å². The van der Waals surface area contributed by atoms with Crippen molar-refractivity contribution in [3.8, 4) is 6.07 Å². The Morgan fingerprint density at radius 2 is 2.54 bits per heavy atom. The largest absolute Gasteiger partial charge is 0.374 e. The summed E-state index contributed by atoms with van der Waals surface area (Å²) >= 11 is 0. The van der Waals surface area contributed by atoms with Crippen LogP contribution >= 0.6 is 0 Å². The fourth-order valence-electron chi connectivity index (χ4n) is 1.55. The normalized spacial score (nSPS) is 26.7. The zero-order valence-corrected chi connectivity index (χ0v) is 8.07. The van der Waals surface area contributed by atoms with Crippen molar-refractivity contribution in [2.45, 2.75) is 25.5 Å². The van der Waals surface area contributed by atoms with Crippen molar-refractivity contribution in [3.63, 3.8) is 0 Å². The van der Waals surface area contributed by atoms with Crippen molar-refractivity contribution in [3.05, 3.63) is 0 Å². The number of nitriles is 1. The van der Waals surface area contributed by atoms with Gasteiger partial charge in [-0.3, -0.25) is 4.90 Å². The monoisotopic (exact) mass is 183 g/mol. The summed E-state index contributed by atoms with van der Waals surface area (Å²) in [5, 5.41) is 8.56. The van der Waals surface area contributed by atoms with Crippen molar-refractivity contribution in [2.75, 3.05) is 26.2 Å². The third kappa shape index (κ3) is 2.96. The fourth-order valence-corrected chi connectivity index (χ4v) is 1.55. The SMILES string of the molecule is CC(CC#N)N1CCOC(CN)C1. The highest BCUT2D eigenvalue weighted by atomic mass is 16.5. The molecule has 0 saturated carbocycles. The van der Waals surface area contributed by atoms with Gasteiger partial charge < -0.3 is 10.5 Å². The first kappa shape index (κ1) is 10.5. The van der Waals surface area contributed by atoms with E-state index >= 15 is 0 Å². The summed E-state index contributed by atoms with van der Waals surface area (Å²) in [5.74, 6) is 0. The Labute approximate surface area is 79.3 Å². The van der Waals surface area contributed by atoms with Crippen molar-refractivity contribution in [1.82, 2.24) is 4.90 Å². The van der Waals surface area contributed by atoms with Crippen molar-refractivity contribution in [2.24, 2.45) is 5.73 Å². The summed E-state index contributed by atoms with van der Waals surface area (Å²) in [6.07, 6.45) is 0.729. The first-order valence-corrected chi connectivity index (χ1v) is 4.70. The molecule has 2 N–H and O–H groups in total. The maximum atomic E-state index is 8.56. The maximum absolute atomic E-state index is 8.56. The molecule has 1 heterocycles. The predicted molar refractivity (Wildman–Crippen MR) is 50.1 cm³/mol. The summed E-state index contributed by atoms with van der Waals surface area (Å²) in [5.41, 5.74) is 5.52. The highest BCUT2D eigenvalue weighted by Crippen LogP contribution is 2.09. The van der Waals surface area contributed by atoms with Gasteiger partial charge in [0, 0.05) is 25.7 Å². The van der Waals surface area contributed by atoms with Crippen LogP contribution in [0.2, 0.25) is 0 Å². The molecule has 1 rings (SSSR count). The molecule has 2 atom stereocenters. The first-order valence-electron chi connectivity index (χ1n) is 4.70. The number of rotatable bonds is 3. The summed E-state index contributed by atoms with van der Waals surface area (Å²) in [4.78, 5) is 2.27. The molecule has 2 unspecified atom stereocenters. The molecule has 1 aliphatic rings. The minimum atomic E-state index is 0.148. The Balaban J connectivity index is 2.37. The van der Waals surface area contributed by atoms with Crippen molar-refractivity contribution >= 4 is 0 Å². The van der Waals surface area contributed by atoms with Gasteiger partial charge in [-0.2, -0.15) is 5.26 Å². The molecule has 0 aromatic heterocycles. The van der Waals surface area contributed by atoms with E-state index in [2.05, 4.69) is 17.9 Å². The average molecular weight is 183 g/mol. The summed E-state index contributed by atoms with van der Waals surface area (Å²) in [7, 11) is 0. The van der Waals surface area contributed by atoms with Crippen LogP contribution in [-0.4, -0.2) is 43.3 Å². The zero-order valence-electron chi connectivity index (χ0n) is 8.07. The van der Waals surface area contributed by atoms with Gasteiger partial charge in [-0.15, -0.1) is 0 Å². The van der Waals surface area contributed by atoms with Crippen molar-refractivity contribution in [1.29, 1.82) is 5.26 Å². The second-order valence-electron chi connectivity index (χ2n) is 3.43. The topological polar surface area (TPSA) is 62.3 Å². The van der Waals surface area contributed by atoms with Gasteiger partial charge in [0.25, 0.3) is 0 Å². The minimum Gasteiger partial charge on any atom is -0.374 e. The third-order valence-electron chi connectivity index (χ3n) is 2.44. The van der Waals surface area contributed by atoms with Crippen LogP contribution in [0.3, 0.4) is 0 Å². The summed E-state index contributed by atoms with van der Waals surface area (Å²) in [6, 6.07) is 2.51. The Morgan fingerprint density at radius 3 is 3.15 bits per heavy atom. The molecule has 13 heavy (non-hydrogen) atoms. The van der Waals surface area contributed by atoms with Gasteiger partial charge in [0.15, 0.2) is 0 Å². The molecular formula is C9H17N3O. The van der Waals surface area contributed by atoms with Crippen LogP contribution in [0.15, 0.2) is 0 Å². The van der Waals surface area contributed by atoms with Gasteiger partial charge in [0.1, 0.15) is 0 Å². The molecule has 4 heteroatoms. The standard InChI is InChI=1S/C9H17N3O/c1-8(2-3-10)12-4-5-13-9(6-11)7-12/h8-9H,2,4-7,11H2,1H3. The Kier molecular flexibility index (Phi) is 4.16. The van der Waals surface area contributed by atoms with E-state index < -0.39 is 0 Å². The molecule has 0 radical (unpaired) electrons. The highest BCUT2D eigenvalue weighted by Gasteiger charge is 2.22. The number of nitrogens with two attached hydrogens (primary N) is 1. The van der Waals surface area contributed by atoms with E-state index in [9.17, 15) is 0 Å². The van der Waals surface area contributed by atoms with Crippen LogP contribution in [-0.2, 0) is 4.74 Å². The maximum Gasteiger partial charge on any atom is 0.0824 e. The van der Waals surface area contributed by atoms with E-state index in [4.69, 9.17) is 15.7 Å². The van der Waals surface area contributed by atoms with Crippen LogP contribution < -0.4 is 5.73 Å². The Hall–Kier alpha value is -0.630. The lowest BCUT2D eigenvalue weighted by Crippen LogP contribution is -2.48. The van der Waals surface area contributed by atoms with Gasteiger partial charge in [-0.1, -0.05) is 0 Å². The summed E-state index contributed by atoms with van der Waals surface area (Å²) < 4.78 is 5.44. The van der Waals surface area contributed by atoms with Gasteiger partial charge in [0.2, 0.25) is 0 Å². The molecule has 0 aromatic rings. The van der Waals surface area contributed by atoms with Crippen molar-refractivity contribution < 1.29 is 4.74 Å². The number of morpholine rings is 1. The molecule has 0 bridgehead atoms. The molecular weight excluding hydrogens is 166 g/mol. The Bertz CT molecular complexity index is 190. The van der Waals surface area contributed by atoms with E-state index in [1.54, 1.807) is 0 Å². The number of ether oxygens (including phenoxy) is 1. The van der Waals surface area contributed by atoms with E-state index in [-0.39, 0.29) is 6.10 Å². The van der Waals surface area contributed by atoms with Crippen LogP contribution in [0.1, 0.15) is 13.3 Å². The fraction of sp³-hybridized carbons (Fsp3) is 0.889. The van der Waals surface area contributed by atoms with E-state index in [0.29, 0.717) is 19.0 Å². The van der Waals surface area contributed by atoms with Crippen LogP contribution in [0.4, 0.5) is 0 Å². The van der Waals surface area contributed by atoms with Gasteiger partial charge in [-0.25, -0.2) is 0 Å². The second-order valence-corrected chi connectivity index (χ2v) is 3.43. The van der Waals surface area contributed by atoms with Gasteiger partial charge >= 0.3 is 0 Å². The third-order valence-corrected chi connectivity index (χ3v) is 2.44. The molecule has 1 fully saturated rings. The van der Waals surface area contributed by atoms with E-state index in [1.807, 2.05) is 0 Å². The number of nitrogens with zero attached hydrogens (tertiary/aromatic N) is 2. The molecule has 0 spiro atoms. The van der Waals surface area contributed by atoms with Gasteiger partial charge in [-0.05, 0) is 6.92 Å². The summed E-state index contributed by atoms with van der Waals surface area (Å²) in [6.45, 7) is 5.15. The van der Waals surface area contributed by atoms with Crippen LogP contribution in [0.5, 0.6) is 0 Å². The molecule has 0 aliphatic carbocycles. The van der Waals surface area contributed by atoms with E-state index in [0.717, 1.165) is 19.7 Å². The number of hydrogen-bond acceptors (Lipinski definition) is 4. The van der Waals surface area contributed by atoms with Crippen LogP contribution in [0.25, 0.3) is 0 Å². The smallest absolute Gasteiger partial charge is 0.0824 e. The highest BCUT2D eigenvalue weighted by molar-refractivity contribution is 4.83. The molecule has 74 valence electrons.